The third-order valence-corrected chi connectivity index (χ3v) is 10.0. The quantitative estimate of drug-likeness (QED) is 0.178. The Balaban J connectivity index is 1.21. The van der Waals surface area contributed by atoms with Crippen LogP contribution in [0.4, 0.5) is 0 Å². The van der Waals surface area contributed by atoms with Crippen molar-refractivity contribution in [2.24, 2.45) is 0 Å². The largest absolute Gasteiger partial charge is 0.456 e. The summed E-state index contributed by atoms with van der Waals surface area (Å²) in [5, 5.41) is 9.76. The van der Waals surface area contributed by atoms with Crippen LogP contribution in [-0.4, -0.2) is 0 Å². The first kappa shape index (κ1) is 27.7. The van der Waals surface area contributed by atoms with E-state index in [2.05, 4.69) is 182 Å². The van der Waals surface area contributed by atoms with Gasteiger partial charge in [0, 0.05) is 10.8 Å². The Morgan fingerprint density at radius 3 is 1.57 bits per heavy atom. The van der Waals surface area contributed by atoms with Crippen molar-refractivity contribution >= 4 is 54.3 Å². The van der Waals surface area contributed by atoms with Crippen molar-refractivity contribution in [2.45, 2.75) is 0 Å². The molecule has 0 aliphatic carbocycles. The van der Waals surface area contributed by atoms with Gasteiger partial charge < -0.3 is 4.42 Å². The average Bonchev–Trinajstić information content (AvgIpc) is 3.55. The summed E-state index contributed by atoms with van der Waals surface area (Å²) in [6.07, 6.45) is 0. The smallest absolute Gasteiger partial charge is 0.136 e. The van der Waals surface area contributed by atoms with Gasteiger partial charge in [0.15, 0.2) is 0 Å². The Morgan fingerprint density at radius 2 is 0.837 bits per heavy atom. The number of hydrogen-bond donors (Lipinski definition) is 0. The molecule has 0 spiro atoms. The molecule has 0 amide bonds. The highest BCUT2D eigenvalue weighted by Gasteiger charge is 2.19. The van der Waals surface area contributed by atoms with E-state index in [9.17, 15) is 0 Å². The fourth-order valence-electron chi connectivity index (χ4n) is 7.81. The van der Waals surface area contributed by atoms with E-state index < -0.39 is 0 Å². The highest BCUT2D eigenvalue weighted by molar-refractivity contribution is 6.22. The van der Waals surface area contributed by atoms with Gasteiger partial charge in [0.2, 0.25) is 0 Å². The summed E-state index contributed by atoms with van der Waals surface area (Å²) >= 11 is 0. The molecule has 0 aliphatic heterocycles. The van der Waals surface area contributed by atoms with E-state index >= 15 is 0 Å². The number of rotatable bonds is 4. The Bertz CT molecular complexity index is 2820. The molecule has 1 aromatic heterocycles. The van der Waals surface area contributed by atoms with Crippen molar-refractivity contribution in [1.82, 2.24) is 0 Å². The molecule has 1 nitrogen and oxygen atoms in total. The molecule has 1 heteroatoms. The molecule has 0 aliphatic rings. The second-order valence-electron chi connectivity index (χ2n) is 12.8. The zero-order valence-corrected chi connectivity index (χ0v) is 26.7. The Kier molecular flexibility index (Phi) is 6.25. The first-order valence-electron chi connectivity index (χ1n) is 16.8. The Morgan fingerprint density at radius 1 is 0.286 bits per heavy atom. The predicted octanol–water partition coefficient (Wildman–Crippen LogP) is 13.7. The van der Waals surface area contributed by atoms with E-state index in [1.807, 2.05) is 0 Å². The van der Waals surface area contributed by atoms with Crippen LogP contribution in [0.2, 0.25) is 0 Å². The van der Waals surface area contributed by atoms with Crippen LogP contribution in [0.3, 0.4) is 0 Å². The molecular formula is C48H30O. The third-order valence-electron chi connectivity index (χ3n) is 10.0. The van der Waals surface area contributed by atoms with E-state index in [1.54, 1.807) is 0 Å². The molecule has 0 saturated carbocycles. The van der Waals surface area contributed by atoms with E-state index in [1.165, 1.54) is 76.8 Å². The second kappa shape index (κ2) is 11.1. The fourth-order valence-corrected chi connectivity index (χ4v) is 7.81. The van der Waals surface area contributed by atoms with Crippen molar-refractivity contribution in [3.05, 3.63) is 182 Å². The number of hydrogen-bond acceptors (Lipinski definition) is 1. The fraction of sp³-hybridized carbons (Fsp3) is 0. The van der Waals surface area contributed by atoms with Crippen molar-refractivity contribution in [3.8, 4) is 44.5 Å². The van der Waals surface area contributed by atoms with Gasteiger partial charge in [0.25, 0.3) is 0 Å². The Labute approximate surface area is 284 Å². The van der Waals surface area contributed by atoms with Gasteiger partial charge in [-0.25, -0.2) is 0 Å². The summed E-state index contributed by atoms with van der Waals surface area (Å²) in [6, 6.07) is 65.8. The first-order valence-corrected chi connectivity index (χ1v) is 16.8. The molecule has 10 aromatic rings. The second-order valence-corrected chi connectivity index (χ2v) is 12.8. The van der Waals surface area contributed by atoms with Crippen LogP contribution < -0.4 is 0 Å². The third kappa shape index (κ3) is 4.47. The van der Waals surface area contributed by atoms with E-state index in [-0.39, 0.29) is 0 Å². The molecule has 49 heavy (non-hydrogen) atoms. The number of benzene rings is 9. The highest BCUT2D eigenvalue weighted by atomic mass is 16.3. The van der Waals surface area contributed by atoms with E-state index in [0.717, 1.165) is 21.9 Å². The topological polar surface area (TPSA) is 13.1 Å². The summed E-state index contributed by atoms with van der Waals surface area (Å²) in [5.41, 5.74) is 11.5. The van der Waals surface area contributed by atoms with Crippen molar-refractivity contribution in [1.29, 1.82) is 0 Å². The molecule has 0 unspecified atom stereocenters. The molecule has 0 atom stereocenters. The average molecular weight is 623 g/mol. The van der Waals surface area contributed by atoms with Gasteiger partial charge in [-0.05, 0) is 107 Å². The molecule has 0 radical (unpaired) electrons. The maximum Gasteiger partial charge on any atom is 0.136 e. The summed E-state index contributed by atoms with van der Waals surface area (Å²) in [4.78, 5) is 0. The van der Waals surface area contributed by atoms with E-state index in [4.69, 9.17) is 4.42 Å². The lowest BCUT2D eigenvalue weighted by molar-refractivity contribution is 0.669. The number of fused-ring (bicyclic) bond motifs is 6. The predicted molar refractivity (Wildman–Crippen MR) is 208 cm³/mol. The van der Waals surface area contributed by atoms with Gasteiger partial charge in [-0.1, -0.05) is 152 Å². The molecule has 0 N–H and O–H groups in total. The van der Waals surface area contributed by atoms with Crippen molar-refractivity contribution in [3.63, 3.8) is 0 Å². The lowest BCUT2D eigenvalue weighted by Gasteiger charge is -2.18. The molecule has 9 aromatic carbocycles. The molecule has 228 valence electrons. The van der Waals surface area contributed by atoms with Crippen LogP contribution in [-0.2, 0) is 0 Å². The van der Waals surface area contributed by atoms with Gasteiger partial charge in [-0.2, -0.15) is 0 Å². The normalized spacial score (nSPS) is 11.7. The van der Waals surface area contributed by atoms with Crippen LogP contribution >= 0.6 is 0 Å². The van der Waals surface area contributed by atoms with E-state index in [0.29, 0.717) is 0 Å². The van der Waals surface area contributed by atoms with Crippen LogP contribution in [0.25, 0.3) is 98.8 Å². The summed E-state index contributed by atoms with van der Waals surface area (Å²) in [7, 11) is 0. The van der Waals surface area contributed by atoms with Crippen LogP contribution in [0, 0.1) is 0 Å². The minimum atomic E-state index is 0.901. The van der Waals surface area contributed by atoms with Crippen molar-refractivity contribution in [2.75, 3.05) is 0 Å². The highest BCUT2D eigenvalue weighted by Crippen LogP contribution is 2.46. The first-order chi connectivity index (χ1) is 24.3. The maximum absolute atomic E-state index is 6.43. The maximum atomic E-state index is 6.43. The molecular weight excluding hydrogens is 593 g/mol. The van der Waals surface area contributed by atoms with Crippen LogP contribution in [0.5, 0.6) is 0 Å². The van der Waals surface area contributed by atoms with Crippen LogP contribution in [0.1, 0.15) is 0 Å². The lowest BCUT2D eigenvalue weighted by atomic mass is 9.85. The monoisotopic (exact) mass is 622 g/mol. The van der Waals surface area contributed by atoms with Gasteiger partial charge >= 0.3 is 0 Å². The molecule has 0 fully saturated rings. The Hall–Kier alpha value is -6.44. The molecule has 10 rings (SSSR count). The van der Waals surface area contributed by atoms with Gasteiger partial charge in [0.05, 0.1) is 0 Å². The minimum Gasteiger partial charge on any atom is -0.456 e. The molecule has 1 heterocycles. The summed E-state index contributed by atoms with van der Waals surface area (Å²) < 4.78 is 6.43. The standard InChI is InChI=1S/C48H30O/c1-2-13-32(14-3-1)38-22-11-23-45-48(38)43-30-37(26-27-44(43)49-45)47-41-20-8-6-18-39(41)46(40-19-7-9-21-42(40)47)36-17-10-16-34(29-36)35-25-24-31-12-4-5-15-33(31)28-35/h1-30H. The lowest BCUT2D eigenvalue weighted by Crippen LogP contribution is -1.91. The molecule has 0 saturated heterocycles. The zero-order chi connectivity index (χ0) is 32.3. The van der Waals surface area contributed by atoms with Crippen LogP contribution in [0.15, 0.2) is 186 Å². The zero-order valence-electron chi connectivity index (χ0n) is 26.7. The van der Waals surface area contributed by atoms with Gasteiger partial charge in [-0.15, -0.1) is 0 Å². The number of furan rings is 1. The minimum absolute atomic E-state index is 0.901. The SMILES string of the molecule is c1ccc(-c2cccc3oc4ccc(-c5c6ccccc6c(-c6cccc(-c7ccc8ccccc8c7)c6)c6ccccc56)cc4c23)cc1. The van der Waals surface area contributed by atoms with Gasteiger partial charge in [-0.3, -0.25) is 0 Å². The molecule has 0 bridgehead atoms. The summed E-state index contributed by atoms with van der Waals surface area (Å²) in [6.45, 7) is 0. The summed E-state index contributed by atoms with van der Waals surface area (Å²) in [5.74, 6) is 0. The van der Waals surface area contributed by atoms with Crippen molar-refractivity contribution < 1.29 is 4.42 Å². The van der Waals surface area contributed by atoms with Gasteiger partial charge in [0.1, 0.15) is 11.2 Å².